The van der Waals surface area contributed by atoms with Crippen LogP contribution in [0.5, 0.6) is 0 Å². The highest BCUT2D eigenvalue weighted by Gasteiger charge is 2.76. The number of fused-ring (bicyclic) bond motifs is 5. The topological polar surface area (TPSA) is 222 Å². The second kappa shape index (κ2) is 14.0. The molecule has 0 spiro atoms. The van der Waals surface area contributed by atoms with E-state index in [-0.39, 0.29) is 29.7 Å². The van der Waals surface area contributed by atoms with Gasteiger partial charge in [0.15, 0.2) is 6.10 Å². The van der Waals surface area contributed by atoms with Gasteiger partial charge in [-0.15, -0.1) is 0 Å². The number of ether oxygens (including phenoxy) is 4. The van der Waals surface area contributed by atoms with Gasteiger partial charge in [-0.3, -0.25) is 0 Å². The first-order valence-corrected chi connectivity index (χ1v) is 18.0. The summed E-state index contributed by atoms with van der Waals surface area (Å²) in [5.74, 6) is -3.47. The number of carbonyl (C=O) groups excluding carboxylic acids is 3. The fraction of sp³-hybridized carbons (Fsp3) is 0.667. The minimum atomic E-state index is -2.25. The van der Waals surface area contributed by atoms with Gasteiger partial charge in [-0.1, -0.05) is 50.6 Å². The van der Waals surface area contributed by atoms with Crippen LogP contribution in [0.3, 0.4) is 0 Å². The van der Waals surface area contributed by atoms with Crippen LogP contribution in [0.25, 0.3) is 0 Å². The molecular formula is C39H55NO13. The quantitative estimate of drug-likeness (QED) is 0.121. The van der Waals surface area contributed by atoms with Crippen molar-refractivity contribution in [1.82, 2.24) is 5.32 Å². The molecule has 4 aliphatic rings. The summed E-state index contributed by atoms with van der Waals surface area (Å²) in [5.41, 5.74) is -7.16. The molecule has 2 saturated carbocycles. The Hall–Kier alpha value is -3.37. The van der Waals surface area contributed by atoms with Gasteiger partial charge in [-0.05, 0) is 64.8 Å². The van der Waals surface area contributed by atoms with E-state index in [4.69, 9.17) is 18.9 Å². The van der Waals surface area contributed by atoms with Crippen molar-refractivity contribution in [3.63, 3.8) is 0 Å². The van der Waals surface area contributed by atoms with Gasteiger partial charge in [0.1, 0.15) is 35.1 Å². The summed E-state index contributed by atoms with van der Waals surface area (Å²) in [6, 6.07) is 6.68. The molecule has 0 aromatic heterocycles. The molecule has 7 N–H and O–H groups in total. The highest BCUT2D eigenvalue weighted by Crippen LogP contribution is 2.64. The van der Waals surface area contributed by atoms with E-state index in [1.54, 1.807) is 73.6 Å². The van der Waals surface area contributed by atoms with Crippen LogP contribution in [0.2, 0.25) is 0 Å². The van der Waals surface area contributed by atoms with Crippen molar-refractivity contribution in [3.8, 4) is 0 Å². The Morgan fingerprint density at radius 3 is 2.19 bits per heavy atom. The summed E-state index contributed by atoms with van der Waals surface area (Å²) in [6.07, 6.45) is -10.9. The zero-order valence-corrected chi connectivity index (χ0v) is 31.8. The Balaban J connectivity index is 1.62. The van der Waals surface area contributed by atoms with Crippen LogP contribution in [0.4, 0.5) is 4.79 Å². The van der Waals surface area contributed by atoms with Gasteiger partial charge in [-0.25, -0.2) is 14.4 Å². The molecule has 1 amide bonds. The Labute approximate surface area is 309 Å². The highest BCUT2D eigenvalue weighted by atomic mass is 16.6. The highest BCUT2D eigenvalue weighted by molar-refractivity contribution is 5.89. The van der Waals surface area contributed by atoms with Crippen LogP contribution >= 0.6 is 0 Å². The Bertz CT molecular complexity index is 1650. The number of aliphatic hydroxyl groups excluding tert-OH is 4. The maximum absolute atomic E-state index is 13.9. The van der Waals surface area contributed by atoms with Crippen molar-refractivity contribution in [2.24, 2.45) is 16.7 Å². The normalized spacial score (nSPS) is 37.2. The molecule has 1 aromatic rings. The molecule has 1 aromatic carbocycles. The Morgan fingerprint density at radius 2 is 1.64 bits per heavy atom. The molecule has 14 heteroatoms. The third-order valence-electron chi connectivity index (χ3n) is 11.9. The first-order chi connectivity index (χ1) is 24.4. The van der Waals surface area contributed by atoms with Crippen molar-refractivity contribution in [3.05, 3.63) is 58.7 Å². The predicted molar refractivity (Wildman–Crippen MR) is 189 cm³/mol. The van der Waals surface area contributed by atoms with E-state index >= 15 is 0 Å². The van der Waals surface area contributed by atoms with Gasteiger partial charge in [0.05, 0.1) is 36.5 Å². The van der Waals surface area contributed by atoms with Crippen LogP contribution in [-0.2, 0) is 23.7 Å². The third kappa shape index (κ3) is 6.92. The number of alkyl carbamates (subject to hydrolysis) is 1. The SMILES string of the molecule is CC(C)=C[C@H](NC(=O)OC(C)(C)C)[C@@H](O)C(=O)O[C@H]1C[C@@]2(O)[C@@H](OC(=O)c3ccccc3)[C@@H]3[C@]4(O)CO[C@@H]4C[C@H](O)[C@@]3(C)[C@H](O)[C@H](O)C(=C1C)C2(C)C. The summed E-state index contributed by atoms with van der Waals surface area (Å²) in [5, 5.41) is 75.1. The smallest absolute Gasteiger partial charge is 0.408 e. The van der Waals surface area contributed by atoms with Crippen molar-refractivity contribution >= 4 is 18.0 Å². The zero-order chi connectivity index (χ0) is 39.6. The fourth-order valence-electron chi connectivity index (χ4n) is 8.97. The lowest BCUT2D eigenvalue weighted by Crippen LogP contribution is -2.81. The minimum Gasteiger partial charge on any atom is -0.456 e. The molecule has 3 fully saturated rings. The maximum atomic E-state index is 13.9. The molecule has 53 heavy (non-hydrogen) atoms. The van der Waals surface area contributed by atoms with Crippen molar-refractivity contribution in [1.29, 1.82) is 0 Å². The lowest BCUT2D eigenvalue weighted by atomic mass is 9.44. The largest absolute Gasteiger partial charge is 0.456 e. The number of carbonyl (C=O) groups is 3. The lowest BCUT2D eigenvalue weighted by molar-refractivity contribution is -0.363. The number of hydrogen-bond donors (Lipinski definition) is 7. The van der Waals surface area contributed by atoms with E-state index < -0.39 is 107 Å². The molecule has 1 aliphatic heterocycles. The Kier molecular flexibility index (Phi) is 10.8. The van der Waals surface area contributed by atoms with Crippen LogP contribution in [0.15, 0.2) is 53.1 Å². The number of allylic oxidation sites excluding steroid dienone is 1. The maximum Gasteiger partial charge on any atom is 0.408 e. The molecule has 5 rings (SSSR count). The van der Waals surface area contributed by atoms with Gasteiger partial charge in [0, 0.05) is 29.6 Å². The summed E-state index contributed by atoms with van der Waals surface area (Å²) in [6.45, 7) is 14.3. The van der Waals surface area contributed by atoms with E-state index in [2.05, 4.69) is 5.32 Å². The van der Waals surface area contributed by atoms with Crippen LogP contribution in [0.1, 0.15) is 85.5 Å². The molecule has 0 unspecified atom stereocenters. The van der Waals surface area contributed by atoms with E-state index in [9.17, 15) is 45.0 Å². The molecule has 1 heterocycles. The third-order valence-corrected chi connectivity index (χ3v) is 11.9. The molecule has 1 saturated heterocycles. The summed E-state index contributed by atoms with van der Waals surface area (Å²) in [4.78, 5) is 40.3. The van der Waals surface area contributed by atoms with Crippen molar-refractivity contribution in [2.75, 3.05) is 6.61 Å². The van der Waals surface area contributed by atoms with E-state index in [0.29, 0.717) is 5.57 Å². The number of aliphatic hydroxyl groups is 6. The molecule has 0 radical (unpaired) electrons. The van der Waals surface area contributed by atoms with Gasteiger partial charge < -0.3 is 54.9 Å². The molecule has 3 aliphatic carbocycles. The van der Waals surface area contributed by atoms with Crippen molar-refractivity contribution in [2.45, 2.75) is 141 Å². The minimum absolute atomic E-state index is 0.0605. The first-order valence-electron chi connectivity index (χ1n) is 18.0. The second-order valence-corrected chi connectivity index (χ2v) is 17.1. The van der Waals surface area contributed by atoms with Crippen LogP contribution in [-0.4, -0.2) is 121 Å². The van der Waals surface area contributed by atoms with Gasteiger partial charge >= 0.3 is 18.0 Å². The number of esters is 2. The summed E-state index contributed by atoms with van der Waals surface area (Å²) < 4.78 is 23.1. The number of nitrogens with one attached hydrogen (secondary N) is 1. The van der Waals surface area contributed by atoms with E-state index in [0.717, 1.165) is 0 Å². The zero-order valence-electron chi connectivity index (χ0n) is 31.8. The summed E-state index contributed by atoms with van der Waals surface area (Å²) in [7, 11) is 0. The van der Waals surface area contributed by atoms with Crippen molar-refractivity contribution < 1.29 is 64.0 Å². The van der Waals surface area contributed by atoms with Gasteiger partial charge in [0.2, 0.25) is 0 Å². The fourth-order valence-corrected chi connectivity index (χ4v) is 8.97. The summed E-state index contributed by atoms with van der Waals surface area (Å²) >= 11 is 0. The van der Waals surface area contributed by atoms with Gasteiger partial charge in [-0.2, -0.15) is 0 Å². The van der Waals surface area contributed by atoms with Crippen LogP contribution in [0, 0.1) is 16.7 Å². The first kappa shape index (κ1) is 40.8. The standard InChI is InChI=1S/C39H55NO13/c1-19(2)15-22(40-34(47)53-35(4,5)6)27(42)33(46)51-23-17-39(49)31(52-32(45)21-13-11-10-12-14-21)29-37(9,24(41)16-25-38(29,48)18-50-25)30(44)28(43)26(20(23)3)36(39,7)8/h10-15,22-25,27-31,41-44,48-49H,16-18H2,1-9H3,(H,40,47)/t22-,23-,24-,25+,27+,28+,29-,30+,31-,37+,38-,39+/m0/s1. The van der Waals surface area contributed by atoms with E-state index in [1.165, 1.54) is 25.1 Å². The Morgan fingerprint density at radius 1 is 1.02 bits per heavy atom. The number of hydrogen-bond acceptors (Lipinski definition) is 13. The molecular weight excluding hydrogens is 690 g/mol. The number of benzene rings is 1. The molecule has 12 atom stereocenters. The monoisotopic (exact) mass is 745 g/mol. The predicted octanol–water partition coefficient (Wildman–Crippen LogP) is 2.07. The van der Waals surface area contributed by atoms with E-state index in [1.807, 2.05) is 0 Å². The lowest BCUT2D eigenvalue weighted by Gasteiger charge is -2.68. The average Bonchev–Trinajstić information content (AvgIpc) is 3.05. The molecule has 2 bridgehead atoms. The number of amides is 1. The van der Waals surface area contributed by atoms with Gasteiger partial charge in [0.25, 0.3) is 0 Å². The molecule has 14 nitrogen and oxygen atoms in total. The second-order valence-electron chi connectivity index (χ2n) is 17.1. The number of rotatable bonds is 7. The average molecular weight is 746 g/mol. The van der Waals surface area contributed by atoms with Crippen LogP contribution < -0.4 is 5.32 Å². The molecule has 294 valence electrons.